The first-order valence-corrected chi connectivity index (χ1v) is 22.4. The highest BCUT2D eigenvalue weighted by Gasteiger charge is 2.52. The average Bonchev–Trinajstić information content (AvgIpc) is 3.67. The van der Waals surface area contributed by atoms with Gasteiger partial charge in [0.1, 0.15) is 11.5 Å². The van der Waals surface area contributed by atoms with Gasteiger partial charge < -0.3 is 9.64 Å². The first kappa shape index (κ1) is 37.1. The molecule has 11 aromatic carbocycles. The summed E-state index contributed by atoms with van der Waals surface area (Å²) in [5.74, 6) is 1.86. The Morgan fingerprint density at radius 1 is 0.277 bits per heavy atom. The summed E-state index contributed by atoms with van der Waals surface area (Å²) in [6.45, 7) is 0. The molecule has 2 aliphatic rings. The van der Waals surface area contributed by atoms with Crippen LogP contribution in [0, 0.1) is 0 Å². The first-order valence-electron chi connectivity index (χ1n) is 22.4. The molecular formula is C63H41NO. The molecule has 2 nitrogen and oxygen atoms in total. The Kier molecular flexibility index (Phi) is 8.47. The van der Waals surface area contributed by atoms with Crippen LogP contribution in [0.3, 0.4) is 0 Å². The van der Waals surface area contributed by atoms with E-state index in [4.69, 9.17) is 4.74 Å². The van der Waals surface area contributed by atoms with Crippen LogP contribution in [-0.2, 0) is 5.41 Å². The van der Waals surface area contributed by atoms with Crippen LogP contribution in [0.5, 0.6) is 11.5 Å². The van der Waals surface area contributed by atoms with E-state index in [0.29, 0.717) is 0 Å². The summed E-state index contributed by atoms with van der Waals surface area (Å²) in [6, 6.07) is 90.6. The maximum atomic E-state index is 7.20. The van der Waals surface area contributed by atoms with Crippen molar-refractivity contribution in [1.29, 1.82) is 0 Å². The fourth-order valence-corrected chi connectivity index (χ4v) is 10.7. The standard InChI is InChI=1S/C63H41NO/c1-3-14-42(15-4-1)44-26-33-50(34-27-44)64(52-21-13-20-48(40-52)43-16-5-2-6-17-43)51-35-28-45(29-36-51)49-30-37-56-55-24-11-12-25-57(55)63(60(56)41-49)58-38-31-46-18-7-9-22-53(46)61(58)65-62-54-23-10-8-19-47(54)32-39-59(62)63/h1-41H. The lowest BCUT2D eigenvalue weighted by atomic mass is 9.65. The lowest BCUT2D eigenvalue weighted by Gasteiger charge is -2.40. The quantitative estimate of drug-likeness (QED) is 0.166. The summed E-state index contributed by atoms with van der Waals surface area (Å²) in [6.07, 6.45) is 0. The summed E-state index contributed by atoms with van der Waals surface area (Å²) in [4.78, 5) is 2.36. The highest BCUT2D eigenvalue weighted by molar-refractivity contribution is 6.00. The van der Waals surface area contributed by atoms with E-state index in [2.05, 4.69) is 254 Å². The molecule has 1 spiro atoms. The number of rotatable bonds is 6. The molecule has 1 aliphatic heterocycles. The van der Waals surface area contributed by atoms with Crippen molar-refractivity contribution in [2.24, 2.45) is 0 Å². The van der Waals surface area contributed by atoms with Crippen molar-refractivity contribution in [1.82, 2.24) is 0 Å². The first-order chi connectivity index (χ1) is 32.2. The van der Waals surface area contributed by atoms with Gasteiger partial charge in [-0.2, -0.15) is 0 Å². The van der Waals surface area contributed by atoms with Crippen molar-refractivity contribution < 1.29 is 4.74 Å². The summed E-state index contributed by atoms with van der Waals surface area (Å²) in [5, 5.41) is 4.57. The molecule has 304 valence electrons. The second kappa shape index (κ2) is 14.8. The number of ether oxygens (including phenoxy) is 1. The van der Waals surface area contributed by atoms with Gasteiger partial charge >= 0.3 is 0 Å². The molecule has 0 atom stereocenters. The third-order valence-corrected chi connectivity index (χ3v) is 13.7. The van der Waals surface area contributed by atoms with E-state index in [-0.39, 0.29) is 0 Å². The largest absolute Gasteiger partial charge is 0.455 e. The third-order valence-electron chi connectivity index (χ3n) is 13.7. The SMILES string of the molecule is c1ccc(-c2ccc(N(c3ccc(-c4ccc5c(c4)C4(c6ccccc6-5)c5ccc6ccccc6c5Oc5c4ccc4ccccc54)cc3)c3cccc(-c4ccccc4)c3)cc2)cc1. The van der Waals surface area contributed by atoms with Crippen molar-refractivity contribution in [3.63, 3.8) is 0 Å². The molecule has 0 amide bonds. The van der Waals surface area contributed by atoms with Gasteiger partial charge in [0.2, 0.25) is 0 Å². The molecule has 0 saturated carbocycles. The molecule has 65 heavy (non-hydrogen) atoms. The molecule has 1 aliphatic carbocycles. The van der Waals surface area contributed by atoms with E-state index in [0.717, 1.165) is 44.9 Å². The molecule has 0 fully saturated rings. The molecule has 0 saturated heterocycles. The van der Waals surface area contributed by atoms with Gasteiger partial charge in [-0.05, 0) is 109 Å². The molecular weight excluding hydrogens is 787 g/mol. The minimum atomic E-state index is -0.606. The Labute approximate surface area is 378 Å². The summed E-state index contributed by atoms with van der Waals surface area (Å²) in [7, 11) is 0. The molecule has 0 bridgehead atoms. The maximum absolute atomic E-state index is 7.20. The van der Waals surface area contributed by atoms with Gasteiger partial charge in [-0.15, -0.1) is 0 Å². The third kappa shape index (κ3) is 5.81. The van der Waals surface area contributed by atoms with Crippen LogP contribution in [0.1, 0.15) is 22.3 Å². The lowest BCUT2D eigenvalue weighted by molar-refractivity contribution is 0.447. The normalized spacial score (nSPS) is 12.9. The van der Waals surface area contributed by atoms with Crippen molar-refractivity contribution in [2.75, 3.05) is 4.90 Å². The van der Waals surface area contributed by atoms with Crippen molar-refractivity contribution in [2.45, 2.75) is 5.41 Å². The van der Waals surface area contributed by atoms with Crippen molar-refractivity contribution >= 4 is 38.6 Å². The van der Waals surface area contributed by atoms with Gasteiger partial charge in [-0.25, -0.2) is 0 Å². The second-order valence-electron chi connectivity index (χ2n) is 17.2. The van der Waals surface area contributed by atoms with E-state index >= 15 is 0 Å². The molecule has 2 heteroatoms. The van der Waals surface area contributed by atoms with E-state index in [9.17, 15) is 0 Å². The molecule has 11 aromatic rings. The fourth-order valence-electron chi connectivity index (χ4n) is 10.7. The lowest BCUT2D eigenvalue weighted by Crippen LogP contribution is -2.32. The van der Waals surface area contributed by atoms with Gasteiger partial charge in [0.25, 0.3) is 0 Å². The summed E-state index contributed by atoms with van der Waals surface area (Å²) < 4.78 is 7.20. The highest BCUT2D eigenvalue weighted by Crippen LogP contribution is 2.64. The van der Waals surface area contributed by atoms with Gasteiger partial charge in [0.05, 0.1) is 5.41 Å². The van der Waals surface area contributed by atoms with Gasteiger partial charge in [0, 0.05) is 39.0 Å². The predicted octanol–water partition coefficient (Wildman–Crippen LogP) is 16.9. The average molecular weight is 828 g/mol. The second-order valence-corrected chi connectivity index (χ2v) is 17.2. The molecule has 0 unspecified atom stereocenters. The molecule has 1 heterocycles. The zero-order chi connectivity index (χ0) is 42.9. The van der Waals surface area contributed by atoms with Crippen LogP contribution < -0.4 is 9.64 Å². The highest BCUT2D eigenvalue weighted by atomic mass is 16.5. The number of nitrogens with zero attached hydrogens (tertiary/aromatic N) is 1. The van der Waals surface area contributed by atoms with E-state index in [1.807, 2.05) is 0 Å². The van der Waals surface area contributed by atoms with Crippen molar-refractivity contribution in [3.8, 4) is 56.0 Å². The smallest absolute Gasteiger partial charge is 0.140 e. The van der Waals surface area contributed by atoms with Crippen LogP contribution in [0.4, 0.5) is 17.1 Å². The summed E-state index contributed by atoms with van der Waals surface area (Å²) >= 11 is 0. The Bertz CT molecular complexity index is 3530. The van der Waals surface area contributed by atoms with Crippen LogP contribution in [0.25, 0.3) is 66.1 Å². The summed E-state index contributed by atoms with van der Waals surface area (Å²) in [5.41, 5.74) is 17.2. The van der Waals surface area contributed by atoms with Crippen LogP contribution >= 0.6 is 0 Å². The van der Waals surface area contributed by atoms with E-state index in [1.54, 1.807) is 0 Å². The Balaban J connectivity index is 0.970. The fraction of sp³-hybridized carbons (Fsp3) is 0.0159. The Morgan fingerprint density at radius 2 is 0.738 bits per heavy atom. The van der Waals surface area contributed by atoms with Gasteiger partial charge in [-0.3, -0.25) is 0 Å². The molecule has 0 N–H and O–H groups in total. The minimum absolute atomic E-state index is 0.606. The monoisotopic (exact) mass is 827 g/mol. The van der Waals surface area contributed by atoms with Crippen LogP contribution in [0.15, 0.2) is 249 Å². The topological polar surface area (TPSA) is 12.5 Å². The zero-order valence-electron chi connectivity index (χ0n) is 35.5. The number of anilines is 3. The number of hydrogen-bond acceptors (Lipinski definition) is 2. The number of hydrogen-bond donors (Lipinski definition) is 0. The van der Waals surface area contributed by atoms with Crippen LogP contribution in [-0.4, -0.2) is 0 Å². The van der Waals surface area contributed by atoms with Gasteiger partial charge in [0.15, 0.2) is 0 Å². The predicted molar refractivity (Wildman–Crippen MR) is 270 cm³/mol. The van der Waals surface area contributed by atoms with E-state index in [1.165, 1.54) is 72.0 Å². The molecule has 0 radical (unpaired) electrons. The number of benzene rings is 11. The van der Waals surface area contributed by atoms with Gasteiger partial charge in [-0.1, -0.05) is 206 Å². The maximum Gasteiger partial charge on any atom is 0.140 e. The van der Waals surface area contributed by atoms with E-state index < -0.39 is 5.41 Å². The Hall–Kier alpha value is -8.46. The molecule has 0 aromatic heterocycles. The zero-order valence-corrected chi connectivity index (χ0v) is 35.5. The Morgan fingerprint density at radius 3 is 1.37 bits per heavy atom. The van der Waals surface area contributed by atoms with Crippen LogP contribution in [0.2, 0.25) is 0 Å². The minimum Gasteiger partial charge on any atom is -0.455 e. The van der Waals surface area contributed by atoms with Crippen molar-refractivity contribution in [3.05, 3.63) is 271 Å². The number of fused-ring (bicyclic) bond motifs is 13. The molecule has 13 rings (SSSR count).